The summed E-state index contributed by atoms with van der Waals surface area (Å²) in [6.45, 7) is 4.82. The van der Waals surface area contributed by atoms with Crippen LogP contribution in [-0.4, -0.2) is 11.7 Å². The molecule has 2 aromatic rings. The summed E-state index contributed by atoms with van der Waals surface area (Å²) in [7, 11) is 0. The Morgan fingerprint density at radius 1 is 1.24 bits per heavy atom. The Labute approximate surface area is 130 Å². The highest BCUT2D eigenvalue weighted by molar-refractivity contribution is 7.10. The number of hydrogen-bond acceptors (Lipinski definition) is 3. The van der Waals surface area contributed by atoms with E-state index in [9.17, 15) is 0 Å². The van der Waals surface area contributed by atoms with Crippen molar-refractivity contribution >= 4 is 11.3 Å². The fraction of sp³-hybridized carbons (Fsp3) is 0.333. The van der Waals surface area contributed by atoms with Crippen LogP contribution >= 0.6 is 11.3 Å². The first-order valence-electron chi connectivity index (χ1n) is 7.13. The van der Waals surface area contributed by atoms with E-state index in [0.29, 0.717) is 12.5 Å². The zero-order valence-corrected chi connectivity index (χ0v) is 13.2. The summed E-state index contributed by atoms with van der Waals surface area (Å²) in [5.41, 5.74) is 2.28. The van der Waals surface area contributed by atoms with Crippen molar-refractivity contribution in [2.45, 2.75) is 32.8 Å². The summed E-state index contributed by atoms with van der Waals surface area (Å²) in [5, 5.41) is 10.7. The predicted molar refractivity (Wildman–Crippen MR) is 87.8 cm³/mol. The third kappa shape index (κ3) is 4.35. The zero-order chi connectivity index (χ0) is 15.1. The first kappa shape index (κ1) is 15.6. The molecule has 1 atom stereocenters. The van der Waals surface area contributed by atoms with E-state index in [1.807, 2.05) is 23.6 Å². The largest absolute Gasteiger partial charge is 0.488 e. The van der Waals surface area contributed by atoms with Crippen LogP contribution in [0, 0.1) is 11.8 Å². The summed E-state index contributed by atoms with van der Waals surface area (Å²) in [4.78, 5) is 1.09. The highest BCUT2D eigenvalue weighted by Crippen LogP contribution is 2.23. The van der Waals surface area contributed by atoms with Crippen LogP contribution in [0.1, 0.15) is 42.2 Å². The number of rotatable bonds is 5. The van der Waals surface area contributed by atoms with Gasteiger partial charge in [-0.1, -0.05) is 37.8 Å². The van der Waals surface area contributed by atoms with Crippen LogP contribution < -0.4 is 4.74 Å². The van der Waals surface area contributed by atoms with E-state index in [1.54, 1.807) is 11.3 Å². The van der Waals surface area contributed by atoms with Gasteiger partial charge in [-0.25, -0.2) is 0 Å². The lowest BCUT2D eigenvalue weighted by molar-refractivity contribution is 0.309. The molecule has 0 fully saturated rings. The van der Waals surface area contributed by atoms with Gasteiger partial charge in [0.2, 0.25) is 0 Å². The molecule has 2 rings (SSSR count). The molecule has 0 bridgehead atoms. The van der Waals surface area contributed by atoms with Gasteiger partial charge in [-0.15, -0.1) is 11.3 Å². The minimum atomic E-state index is -0.118. The molecule has 0 aliphatic heterocycles. The lowest BCUT2D eigenvalue weighted by atomic mass is 9.99. The van der Waals surface area contributed by atoms with Gasteiger partial charge in [0.05, 0.1) is 4.88 Å². The highest BCUT2D eigenvalue weighted by atomic mass is 32.1. The van der Waals surface area contributed by atoms with Gasteiger partial charge in [-0.2, -0.15) is 0 Å². The van der Waals surface area contributed by atoms with Crippen molar-refractivity contribution in [2.75, 3.05) is 6.61 Å². The second-order valence-electron chi connectivity index (χ2n) is 4.88. The second kappa shape index (κ2) is 7.87. The molecule has 1 aromatic heterocycles. The number of thiophene rings is 1. The Kier molecular flexibility index (Phi) is 5.86. The average molecular weight is 300 g/mol. The third-order valence-electron chi connectivity index (χ3n) is 3.48. The molecule has 2 nitrogen and oxygen atoms in total. The van der Waals surface area contributed by atoms with E-state index in [1.165, 1.54) is 5.56 Å². The molecule has 1 aromatic carbocycles. The molecule has 3 heteroatoms. The lowest BCUT2D eigenvalue weighted by Gasteiger charge is -2.10. The molecule has 110 valence electrons. The van der Waals surface area contributed by atoms with Crippen molar-refractivity contribution < 1.29 is 9.84 Å². The van der Waals surface area contributed by atoms with Gasteiger partial charge in [0.15, 0.2) is 0 Å². The van der Waals surface area contributed by atoms with Crippen molar-refractivity contribution in [1.82, 2.24) is 0 Å². The van der Waals surface area contributed by atoms with Crippen LogP contribution in [0.5, 0.6) is 5.75 Å². The summed E-state index contributed by atoms with van der Waals surface area (Å²) in [5.74, 6) is 7.07. The van der Waals surface area contributed by atoms with Gasteiger partial charge in [-0.3, -0.25) is 0 Å². The maximum Gasteiger partial charge on any atom is 0.124 e. The molecule has 1 N–H and O–H groups in total. The minimum absolute atomic E-state index is 0.118. The topological polar surface area (TPSA) is 29.5 Å². The molecule has 21 heavy (non-hydrogen) atoms. The molecule has 0 amide bonds. The van der Waals surface area contributed by atoms with Crippen LogP contribution in [-0.2, 0) is 6.61 Å². The van der Waals surface area contributed by atoms with E-state index in [2.05, 4.69) is 37.8 Å². The molecule has 0 aliphatic rings. The Bertz CT molecular complexity index is 617. The van der Waals surface area contributed by atoms with E-state index in [4.69, 9.17) is 9.84 Å². The quantitative estimate of drug-likeness (QED) is 0.839. The number of aliphatic hydroxyl groups excluding tert-OH is 1. The number of ether oxygens (including phenoxy) is 1. The lowest BCUT2D eigenvalue weighted by Crippen LogP contribution is -1.96. The standard InChI is InChI=1S/C18H20O2S/c1-3-14(2)15-6-8-17(9-7-15)20-13-18-16(5-4-11-19)10-12-21-18/h6-10,12,14,19H,3,11,13H2,1-2H3. The summed E-state index contributed by atoms with van der Waals surface area (Å²) >= 11 is 1.62. The van der Waals surface area contributed by atoms with Crippen LogP contribution in [0.15, 0.2) is 35.7 Å². The van der Waals surface area contributed by atoms with Gasteiger partial charge in [0.1, 0.15) is 19.0 Å². The van der Waals surface area contributed by atoms with Crippen molar-refractivity contribution in [3.8, 4) is 17.6 Å². The van der Waals surface area contributed by atoms with E-state index >= 15 is 0 Å². The van der Waals surface area contributed by atoms with E-state index in [-0.39, 0.29) is 6.61 Å². The minimum Gasteiger partial charge on any atom is -0.488 e. The molecule has 1 unspecified atom stereocenters. The maximum atomic E-state index is 8.75. The second-order valence-corrected chi connectivity index (χ2v) is 5.89. The Morgan fingerprint density at radius 3 is 2.67 bits per heavy atom. The fourth-order valence-electron chi connectivity index (χ4n) is 1.98. The summed E-state index contributed by atoms with van der Waals surface area (Å²) in [6, 6.07) is 10.3. The van der Waals surface area contributed by atoms with E-state index in [0.717, 1.165) is 22.6 Å². The molecule has 0 saturated carbocycles. The van der Waals surface area contributed by atoms with Gasteiger partial charge in [-0.05, 0) is 41.5 Å². The van der Waals surface area contributed by atoms with Crippen molar-refractivity contribution in [2.24, 2.45) is 0 Å². The highest BCUT2D eigenvalue weighted by Gasteiger charge is 2.05. The molecule has 0 spiro atoms. The normalized spacial score (nSPS) is 11.6. The van der Waals surface area contributed by atoms with Crippen LogP contribution in [0.3, 0.4) is 0 Å². The number of benzene rings is 1. The van der Waals surface area contributed by atoms with Crippen molar-refractivity contribution in [3.63, 3.8) is 0 Å². The molecule has 0 aliphatic carbocycles. The zero-order valence-electron chi connectivity index (χ0n) is 12.4. The van der Waals surface area contributed by atoms with Crippen LogP contribution in [0.4, 0.5) is 0 Å². The predicted octanol–water partition coefficient (Wildman–Crippen LogP) is 4.18. The van der Waals surface area contributed by atoms with Gasteiger partial charge < -0.3 is 9.84 Å². The molecular formula is C18H20O2S. The van der Waals surface area contributed by atoms with E-state index < -0.39 is 0 Å². The summed E-state index contributed by atoms with van der Waals surface area (Å²) in [6.07, 6.45) is 1.14. The van der Waals surface area contributed by atoms with Crippen molar-refractivity contribution in [1.29, 1.82) is 0 Å². The Morgan fingerprint density at radius 2 is 2.00 bits per heavy atom. The van der Waals surface area contributed by atoms with Crippen LogP contribution in [0.2, 0.25) is 0 Å². The van der Waals surface area contributed by atoms with Crippen molar-refractivity contribution in [3.05, 3.63) is 51.7 Å². The fourth-order valence-corrected chi connectivity index (χ4v) is 2.72. The number of hydrogen-bond donors (Lipinski definition) is 1. The monoisotopic (exact) mass is 300 g/mol. The average Bonchev–Trinajstić information content (AvgIpc) is 2.98. The Hall–Kier alpha value is -1.76. The van der Waals surface area contributed by atoms with Gasteiger partial charge in [0, 0.05) is 5.56 Å². The third-order valence-corrected chi connectivity index (χ3v) is 4.37. The molecule has 1 heterocycles. The van der Waals surface area contributed by atoms with Gasteiger partial charge >= 0.3 is 0 Å². The Balaban J connectivity index is 1.99. The smallest absolute Gasteiger partial charge is 0.124 e. The molecule has 0 radical (unpaired) electrons. The first-order valence-corrected chi connectivity index (χ1v) is 8.01. The number of aliphatic hydroxyl groups is 1. The van der Waals surface area contributed by atoms with Gasteiger partial charge in [0.25, 0.3) is 0 Å². The first-order chi connectivity index (χ1) is 10.2. The molecule has 0 saturated heterocycles. The molecular weight excluding hydrogens is 280 g/mol. The van der Waals surface area contributed by atoms with Crippen LogP contribution in [0.25, 0.3) is 0 Å². The SMILES string of the molecule is CCC(C)c1ccc(OCc2sccc2C#CCO)cc1. The maximum absolute atomic E-state index is 8.75. The summed E-state index contributed by atoms with van der Waals surface area (Å²) < 4.78 is 5.82.